The molecule has 120 valence electrons. The van der Waals surface area contributed by atoms with Gasteiger partial charge in [0.15, 0.2) is 0 Å². The van der Waals surface area contributed by atoms with E-state index in [2.05, 4.69) is 17.0 Å². The Kier molecular flexibility index (Phi) is 7.98. The Labute approximate surface area is 123 Å². The van der Waals surface area contributed by atoms with Crippen molar-refractivity contribution in [3.05, 3.63) is 0 Å². The zero-order chi connectivity index (χ0) is 15.0. The van der Waals surface area contributed by atoms with Gasteiger partial charge in [0.1, 0.15) is 0 Å². The van der Waals surface area contributed by atoms with Gasteiger partial charge in [0.25, 0.3) is 10.2 Å². The quantitative estimate of drug-likeness (QED) is 0.611. The van der Waals surface area contributed by atoms with Crippen LogP contribution in [-0.4, -0.2) is 58.7 Å². The smallest absolute Gasteiger partial charge is 0.279 e. The molecule has 1 heterocycles. The van der Waals surface area contributed by atoms with Crippen LogP contribution >= 0.6 is 0 Å². The van der Waals surface area contributed by atoms with Gasteiger partial charge < -0.3 is 10.1 Å². The summed E-state index contributed by atoms with van der Waals surface area (Å²) in [5.74, 6) is 0.589. The number of methoxy groups -OCH3 is 1. The van der Waals surface area contributed by atoms with Crippen molar-refractivity contribution in [1.82, 2.24) is 14.3 Å². The van der Waals surface area contributed by atoms with Gasteiger partial charge >= 0.3 is 0 Å². The molecule has 7 heteroatoms. The van der Waals surface area contributed by atoms with Crippen molar-refractivity contribution in [3.63, 3.8) is 0 Å². The van der Waals surface area contributed by atoms with Crippen LogP contribution in [0.15, 0.2) is 0 Å². The maximum atomic E-state index is 12.1. The summed E-state index contributed by atoms with van der Waals surface area (Å²) in [5, 5.41) is 3.41. The van der Waals surface area contributed by atoms with Crippen LogP contribution in [0.4, 0.5) is 0 Å². The summed E-state index contributed by atoms with van der Waals surface area (Å²) in [4.78, 5) is 0. The molecule has 1 saturated heterocycles. The number of nitrogens with one attached hydrogen (secondary N) is 2. The molecule has 0 spiro atoms. The van der Waals surface area contributed by atoms with Crippen molar-refractivity contribution in [2.24, 2.45) is 5.92 Å². The molecular weight excluding hydrogens is 278 g/mol. The standard InChI is InChI=1S/C13H29N3O3S/c1-4-7-14-11-13-5-8-16(9-6-13)20(17,18)15-10-12(2)19-3/h12-15H,4-11H2,1-3H3. The van der Waals surface area contributed by atoms with E-state index in [-0.39, 0.29) is 6.10 Å². The molecule has 0 aromatic carbocycles. The molecule has 0 aromatic heterocycles. The van der Waals surface area contributed by atoms with Crippen molar-refractivity contribution in [1.29, 1.82) is 0 Å². The van der Waals surface area contributed by atoms with E-state index >= 15 is 0 Å². The Morgan fingerprint density at radius 3 is 2.55 bits per heavy atom. The Hall–Kier alpha value is -0.210. The van der Waals surface area contributed by atoms with Crippen molar-refractivity contribution in [3.8, 4) is 0 Å². The average Bonchev–Trinajstić information content (AvgIpc) is 2.45. The lowest BCUT2D eigenvalue weighted by atomic mass is 9.98. The lowest BCUT2D eigenvalue weighted by Gasteiger charge is -2.31. The lowest BCUT2D eigenvalue weighted by Crippen LogP contribution is -2.47. The van der Waals surface area contributed by atoms with Crippen LogP contribution in [0.3, 0.4) is 0 Å². The molecule has 0 aromatic rings. The van der Waals surface area contributed by atoms with Crippen LogP contribution in [0.5, 0.6) is 0 Å². The van der Waals surface area contributed by atoms with E-state index in [1.165, 1.54) is 0 Å². The molecule has 1 unspecified atom stereocenters. The van der Waals surface area contributed by atoms with Gasteiger partial charge in [0, 0.05) is 26.7 Å². The molecule has 1 fully saturated rings. The summed E-state index contributed by atoms with van der Waals surface area (Å²) in [7, 11) is -1.78. The van der Waals surface area contributed by atoms with Gasteiger partial charge in [0.05, 0.1) is 6.10 Å². The first-order chi connectivity index (χ1) is 9.49. The predicted octanol–water partition coefficient (Wildman–Crippen LogP) is 0.567. The first-order valence-electron chi connectivity index (χ1n) is 7.47. The zero-order valence-corrected chi connectivity index (χ0v) is 13.7. The second kappa shape index (κ2) is 8.94. The highest BCUT2D eigenvalue weighted by molar-refractivity contribution is 7.87. The second-order valence-electron chi connectivity index (χ2n) is 5.45. The molecule has 1 aliphatic heterocycles. The van der Waals surface area contributed by atoms with E-state index in [9.17, 15) is 8.42 Å². The molecule has 0 amide bonds. The fraction of sp³-hybridized carbons (Fsp3) is 1.00. The largest absolute Gasteiger partial charge is 0.380 e. The van der Waals surface area contributed by atoms with Gasteiger partial charge in [-0.2, -0.15) is 17.4 Å². The highest BCUT2D eigenvalue weighted by Gasteiger charge is 2.27. The van der Waals surface area contributed by atoms with E-state index in [4.69, 9.17) is 4.74 Å². The van der Waals surface area contributed by atoms with Crippen LogP contribution in [0, 0.1) is 5.92 Å². The van der Waals surface area contributed by atoms with E-state index in [1.54, 1.807) is 11.4 Å². The molecule has 2 N–H and O–H groups in total. The topological polar surface area (TPSA) is 70.7 Å². The van der Waals surface area contributed by atoms with Gasteiger partial charge in [-0.25, -0.2) is 0 Å². The molecule has 0 bridgehead atoms. The van der Waals surface area contributed by atoms with Crippen LogP contribution in [-0.2, 0) is 14.9 Å². The van der Waals surface area contributed by atoms with Gasteiger partial charge in [-0.05, 0) is 45.2 Å². The molecule has 6 nitrogen and oxygen atoms in total. The number of rotatable bonds is 9. The Balaban J connectivity index is 2.32. The third-order valence-corrected chi connectivity index (χ3v) is 5.31. The van der Waals surface area contributed by atoms with Crippen molar-refractivity contribution >= 4 is 10.2 Å². The van der Waals surface area contributed by atoms with Gasteiger partial charge in [-0.3, -0.25) is 0 Å². The summed E-state index contributed by atoms with van der Waals surface area (Å²) in [6.45, 7) is 7.55. The summed E-state index contributed by atoms with van der Waals surface area (Å²) in [6, 6.07) is 0. The molecule has 0 radical (unpaired) electrons. The second-order valence-corrected chi connectivity index (χ2v) is 7.20. The van der Waals surface area contributed by atoms with E-state index in [0.717, 1.165) is 32.4 Å². The van der Waals surface area contributed by atoms with Crippen LogP contribution in [0.1, 0.15) is 33.1 Å². The van der Waals surface area contributed by atoms with E-state index in [0.29, 0.717) is 25.6 Å². The highest BCUT2D eigenvalue weighted by atomic mass is 32.2. The number of ether oxygens (including phenoxy) is 1. The Morgan fingerprint density at radius 2 is 2.00 bits per heavy atom. The van der Waals surface area contributed by atoms with Crippen LogP contribution in [0.25, 0.3) is 0 Å². The fourth-order valence-corrected chi connectivity index (χ4v) is 3.55. The molecule has 1 atom stereocenters. The van der Waals surface area contributed by atoms with Crippen LogP contribution < -0.4 is 10.0 Å². The first-order valence-corrected chi connectivity index (χ1v) is 8.91. The molecule has 0 aliphatic carbocycles. The summed E-state index contributed by atoms with van der Waals surface area (Å²) in [6.07, 6.45) is 2.88. The maximum Gasteiger partial charge on any atom is 0.279 e. The van der Waals surface area contributed by atoms with E-state index in [1.807, 2.05) is 6.92 Å². The molecule has 20 heavy (non-hydrogen) atoms. The number of hydrogen-bond acceptors (Lipinski definition) is 4. The summed E-state index contributed by atoms with van der Waals surface area (Å²) >= 11 is 0. The number of piperidine rings is 1. The van der Waals surface area contributed by atoms with Crippen molar-refractivity contribution < 1.29 is 13.2 Å². The zero-order valence-electron chi connectivity index (χ0n) is 12.9. The molecular formula is C13H29N3O3S. The maximum absolute atomic E-state index is 12.1. The molecule has 1 aliphatic rings. The minimum absolute atomic E-state index is 0.111. The summed E-state index contributed by atoms with van der Waals surface area (Å²) in [5.41, 5.74) is 0. The number of nitrogens with zero attached hydrogens (tertiary/aromatic N) is 1. The molecule has 1 rings (SSSR count). The third kappa shape index (κ3) is 6.05. The van der Waals surface area contributed by atoms with E-state index < -0.39 is 10.2 Å². The lowest BCUT2D eigenvalue weighted by molar-refractivity contribution is 0.121. The Bertz CT molecular complexity index is 354. The minimum Gasteiger partial charge on any atom is -0.380 e. The van der Waals surface area contributed by atoms with Crippen molar-refractivity contribution in [2.45, 2.75) is 39.2 Å². The van der Waals surface area contributed by atoms with Crippen molar-refractivity contribution in [2.75, 3.05) is 39.8 Å². The molecule has 0 saturated carbocycles. The Morgan fingerprint density at radius 1 is 1.35 bits per heavy atom. The van der Waals surface area contributed by atoms with Crippen LogP contribution in [0.2, 0.25) is 0 Å². The monoisotopic (exact) mass is 307 g/mol. The SMILES string of the molecule is CCCNCC1CCN(S(=O)(=O)NCC(C)OC)CC1. The van der Waals surface area contributed by atoms with Gasteiger partial charge in [-0.15, -0.1) is 0 Å². The minimum atomic E-state index is -3.35. The third-order valence-electron chi connectivity index (χ3n) is 3.73. The predicted molar refractivity (Wildman–Crippen MR) is 80.9 cm³/mol. The van der Waals surface area contributed by atoms with Gasteiger partial charge in [-0.1, -0.05) is 6.92 Å². The van der Waals surface area contributed by atoms with Gasteiger partial charge in [0.2, 0.25) is 0 Å². The number of hydrogen-bond donors (Lipinski definition) is 2. The highest BCUT2D eigenvalue weighted by Crippen LogP contribution is 2.18. The summed E-state index contributed by atoms with van der Waals surface area (Å²) < 4.78 is 33.4. The normalized spacial score (nSPS) is 20.1. The first kappa shape index (κ1) is 17.8. The average molecular weight is 307 g/mol. The fourth-order valence-electron chi connectivity index (χ4n) is 2.23.